The Kier molecular flexibility index (Phi) is 2.49. The van der Waals surface area contributed by atoms with Crippen LogP contribution in [0.15, 0.2) is 12.1 Å². The number of aromatic carboxylic acids is 1. The number of phenolic OH excluding ortho intramolecular Hbond substituents is 1. The van der Waals surface area contributed by atoms with E-state index in [1.165, 1.54) is 12.1 Å². The molecule has 7 nitrogen and oxygen atoms in total. The van der Waals surface area contributed by atoms with E-state index in [-0.39, 0.29) is 40.3 Å². The minimum Gasteiger partial charge on any atom is -0.506 e. The fraction of sp³-hybridized carbons (Fsp3) is 0.0909. The zero-order valence-electron chi connectivity index (χ0n) is 9.31. The molecule has 3 N–H and O–H groups in total. The van der Waals surface area contributed by atoms with Gasteiger partial charge in [0.2, 0.25) is 6.79 Å². The lowest BCUT2D eigenvalue weighted by atomic mass is 10.1. The Morgan fingerprint density at radius 1 is 1.42 bits per heavy atom. The van der Waals surface area contributed by atoms with Crippen LogP contribution >= 0.6 is 11.6 Å². The summed E-state index contributed by atoms with van der Waals surface area (Å²) < 4.78 is 10.4. The van der Waals surface area contributed by atoms with Gasteiger partial charge in [0.1, 0.15) is 17.1 Å². The number of hydrogen-bond donors (Lipinski definition) is 3. The SMILES string of the molecule is O=C(O)c1cc(-c2c(O)c(Cl)cc3c2OCO3)n[nH]1. The number of carbonyl (C=O) groups is 1. The fourth-order valence-corrected chi connectivity index (χ4v) is 1.99. The molecule has 2 heterocycles. The van der Waals surface area contributed by atoms with E-state index in [9.17, 15) is 9.90 Å². The Hall–Kier alpha value is -2.41. The smallest absolute Gasteiger partial charge is 0.353 e. The summed E-state index contributed by atoms with van der Waals surface area (Å²) in [7, 11) is 0. The summed E-state index contributed by atoms with van der Waals surface area (Å²) in [6.07, 6.45) is 0. The lowest BCUT2D eigenvalue weighted by Crippen LogP contribution is -1.95. The maximum atomic E-state index is 10.8. The summed E-state index contributed by atoms with van der Waals surface area (Å²) >= 11 is 5.88. The Morgan fingerprint density at radius 3 is 2.89 bits per heavy atom. The van der Waals surface area contributed by atoms with Gasteiger partial charge in [0.25, 0.3) is 0 Å². The van der Waals surface area contributed by atoms with Crippen LogP contribution in [0.1, 0.15) is 10.5 Å². The maximum absolute atomic E-state index is 10.8. The van der Waals surface area contributed by atoms with Gasteiger partial charge in [0.15, 0.2) is 11.5 Å². The van der Waals surface area contributed by atoms with Crippen LogP contribution in [-0.2, 0) is 0 Å². The molecule has 0 aliphatic carbocycles. The number of hydrogen-bond acceptors (Lipinski definition) is 5. The first kappa shape index (κ1) is 11.7. The summed E-state index contributed by atoms with van der Waals surface area (Å²) in [6.45, 7) is -0.00166. The topological polar surface area (TPSA) is 105 Å². The standard InChI is InChI=1S/C11H7ClN2O5/c12-4-1-7-10(19-3-18-7)8(9(4)15)5-2-6(11(16)17)14-13-5/h1-2,15H,3H2,(H,13,14)(H,16,17). The molecule has 0 amide bonds. The number of fused-ring (bicyclic) bond motifs is 1. The van der Waals surface area contributed by atoms with Crippen LogP contribution in [0.3, 0.4) is 0 Å². The molecule has 0 unspecified atom stereocenters. The van der Waals surface area contributed by atoms with Gasteiger partial charge < -0.3 is 19.7 Å². The normalized spacial score (nSPS) is 12.7. The number of nitrogens with zero attached hydrogens (tertiary/aromatic N) is 1. The number of rotatable bonds is 2. The third-order valence-corrected chi connectivity index (χ3v) is 2.94. The van der Waals surface area contributed by atoms with E-state index in [2.05, 4.69) is 10.2 Å². The Morgan fingerprint density at radius 2 is 2.21 bits per heavy atom. The van der Waals surface area contributed by atoms with Gasteiger partial charge in [-0.2, -0.15) is 5.10 Å². The number of carboxylic acid groups (broad SMARTS) is 1. The molecule has 1 aliphatic heterocycles. The molecule has 0 saturated heterocycles. The molecule has 1 aromatic heterocycles. The van der Waals surface area contributed by atoms with Crippen molar-refractivity contribution in [2.45, 2.75) is 0 Å². The maximum Gasteiger partial charge on any atom is 0.353 e. The molecule has 98 valence electrons. The molecule has 0 saturated carbocycles. The molecular formula is C11H7ClN2O5. The summed E-state index contributed by atoms with van der Waals surface area (Å²) in [4.78, 5) is 10.8. The third kappa shape index (κ3) is 1.75. The summed E-state index contributed by atoms with van der Waals surface area (Å²) in [5.74, 6) is -0.744. The lowest BCUT2D eigenvalue weighted by Gasteiger charge is -2.07. The number of phenols is 1. The number of ether oxygens (including phenoxy) is 2. The van der Waals surface area contributed by atoms with Gasteiger partial charge in [-0.15, -0.1) is 0 Å². The van der Waals surface area contributed by atoms with Gasteiger partial charge in [0, 0.05) is 6.07 Å². The zero-order valence-corrected chi connectivity index (χ0v) is 10.1. The van der Waals surface area contributed by atoms with Crippen LogP contribution in [0.25, 0.3) is 11.3 Å². The van der Waals surface area contributed by atoms with E-state index in [0.29, 0.717) is 5.75 Å². The molecule has 8 heteroatoms. The average molecular weight is 283 g/mol. The van der Waals surface area contributed by atoms with Crippen molar-refractivity contribution >= 4 is 17.6 Å². The lowest BCUT2D eigenvalue weighted by molar-refractivity contribution is 0.0690. The van der Waals surface area contributed by atoms with E-state index >= 15 is 0 Å². The molecule has 19 heavy (non-hydrogen) atoms. The second-order valence-corrected chi connectivity index (χ2v) is 4.19. The van der Waals surface area contributed by atoms with E-state index in [0.717, 1.165) is 0 Å². The molecule has 3 rings (SSSR count). The highest BCUT2D eigenvalue weighted by atomic mass is 35.5. The number of aromatic amines is 1. The van der Waals surface area contributed by atoms with Crippen LogP contribution in [-0.4, -0.2) is 33.2 Å². The van der Waals surface area contributed by atoms with Gasteiger partial charge >= 0.3 is 5.97 Å². The quantitative estimate of drug-likeness (QED) is 0.776. The highest BCUT2D eigenvalue weighted by molar-refractivity contribution is 6.32. The Labute approximate surface area is 111 Å². The average Bonchev–Trinajstić information content (AvgIpc) is 2.99. The third-order valence-electron chi connectivity index (χ3n) is 2.65. The van der Waals surface area contributed by atoms with Gasteiger partial charge in [-0.3, -0.25) is 5.10 Å². The van der Waals surface area contributed by atoms with Crippen molar-refractivity contribution in [1.82, 2.24) is 10.2 Å². The first-order valence-electron chi connectivity index (χ1n) is 5.18. The number of aromatic hydroxyl groups is 1. The molecule has 2 aromatic rings. The number of halogens is 1. The summed E-state index contributed by atoms with van der Waals surface area (Å²) in [5.41, 5.74) is 0.296. The number of benzene rings is 1. The first-order chi connectivity index (χ1) is 9.08. The van der Waals surface area contributed by atoms with E-state index in [1.54, 1.807) is 0 Å². The fourth-order valence-electron chi connectivity index (χ4n) is 1.80. The molecular weight excluding hydrogens is 276 g/mol. The molecule has 1 aromatic carbocycles. The second kappa shape index (κ2) is 4.06. The second-order valence-electron chi connectivity index (χ2n) is 3.79. The minimum atomic E-state index is -1.16. The monoisotopic (exact) mass is 282 g/mol. The van der Waals surface area contributed by atoms with Crippen LogP contribution in [0.4, 0.5) is 0 Å². The van der Waals surface area contributed by atoms with Crippen molar-refractivity contribution in [3.8, 4) is 28.5 Å². The van der Waals surface area contributed by atoms with Crippen LogP contribution in [0, 0.1) is 0 Å². The predicted molar refractivity (Wildman–Crippen MR) is 63.8 cm³/mol. The van der Waals surface area contributed by atoms with Crippen molar-refractivity contribution in [2.24, 2.45) is 0 Å². The molecule has 0 spiro atoms. The Balaban J connectivity index is 2.21. The Bertz CT molecular complexity index is 682. The van der Waals surface area contributed by atoms with Gasteiger partial charge in [-0.05, 0) is 6.07 Å². The van der Waals surface area contributed by atoms with Gasteiger partial charge in [0.05, 0.1) is 10.6 Å². The first-order valence-corrected chi connectivity index (χ1v) is 5.56. The minimum absolute atomic E-state index is 0.00166. The van der Waals surface area contributed by atoms with E-state index in [4.69, 9.17) is 26.2 Å². The van der Waals surface area contributed by atoms with E-state index < -0.39 is 5.97 Å². The molecule has 0 radical (unpaired) electrons. The van der Waals surface area contributed by atoms with Crippen molar-refractivity contribution in [2.75, 3.05) is 6.79 Å². The number of carboxylic acids is 1. The zero-order chi connectivity index (χ0) is 13.6. The van der Waals surface area contributed by atoms with Crippen molar-refractivity contribution in [3.05, 3.63) is 22.8 Å². The van der Waals surface area contributed by atoms with Gasteiger partial charge in [-0.1, -0.05) is 11.6 Å². The van der Waals surface area contributed by atoms with Crippen LogP contribution in [0.2, 0.25) is 5.02 Å². The van der Waals surface area contributed by atoms with Crippen molar-refractivity contribution in [1.29, 1.82) is 0 Å². The highest BCUT2D eigenvalue weighted by Gasteiger charge is 2.26. The van der Waals surface area contributed by atoms with Crippen LogP contribution in [0.5, 0.6) is 17.2 Å². The van der Waals surface area contributed by atoms with E-state index in [1.807, 2.05) is 0 Å². The summed E-state index contributed by atoms with van der Waals surface area (Å²) in [5, 5.41) is 25.1. The molecule has 1 aliphatic rings. The molecule has 0 atom stereocenters. The number of aromatic nitrogens is 2. The van der Waals surface area contributed by atoms with Crippen molar-refractivity contribution in [3.63, 3.8) is 0 Å². The van der Waals surface area contributed by atoms with Crippen LogP contribution < -0.4 is 9.47 Å². The largest absolute Gasteiger partial charge is 0.506 e. The summed E-state index contributed by atoms with van der Waals surface area (Å²) in [6, 6.07) is 2.70. The molecule has 0 bridgehead atoms. The highest BCUT2D eigenvalue weighted by Crippen LogP contribution is 2.49. The van der Waals surface area contributed by atoms with Crippen molar-refractivity contribution < 1.29 is 24.5 Å². The molecule has 0 fully saturated rings. The predicted octanol–water partition coefficient (Wildman–Crippen LogP) is 1.86. The number of H-pyrrole nitrogens is 1. The number of nitrogens with one attached hydrogen (secondary N) is 1. The van der Waals surface area contributed by atoms with Gasteiger partial charge in [-0.25, -0.2) is 4.79 Å².